The van der Waals surface area contributed by atoms with Crippen LogP contribution in [0.25, 0.3) is 0 Å². The van der Waals surface area contributed by atoms with Crippen LogP contribution in [0.4, 0.5) is 0 Å². The Labute approximate surface area is 117 Å². The average molecular weight is 278 g/mol. The molecule has 1 saturated heterocycles. The van der Waals surface area contributed by atoms with Crippen LogP contribution in [-0.4, -0.2) is 41.6 Å². The van der Waals surface area contributed by atoms with Gasteiger partial charge in [0.15, 0.2) is 5.76 Å². The normalized spacial score (nSPS) is 16.2. The van der Waals surface area contributed by atoms with Gasteiger partial charge in [0.25, 0.3) is 0 Å². The third kappa shape index (κ3) is 3.07. The van der Waals surface area contributed by atoms with E-state index in [2.05, 4.69) is 5.32 Å². The SMILES string of the molecule is CCC(C(=O)NCC(=O)c1ccco1)N1CCCC1=O. The summed E-state index contributed by atoms with van der Waals surface area (Å²) in [5.41, 5.74) is 0. The van der Waals surface area contributed by atoms with Gasteiger partial charge in [0.2, 0.25) is 17.6 Å². The molecule has 1 aliphatic rings. The lowest BCUT2D eigenvalue weighted by molar-refractivity contribution is -0.137. The van der Waals surface area contributed by atoms with E-state index in [9.17, 15) is 14.4 Å². The highest BCUT2D eigenvalue weighted by molar-refractivity contribution is 5.98. The molecular weight excluding hydrogens is 260 g/mol. The molecule has 0 radical (unpaired) electrons. The number of likely N-dealkylation sites (tertiary alicyclic amines) is 1. The molecule has 1 aromatic heterocycles. The van der Waals surface area contributed by atoms with Crippen molar-refractivity contribution in [3.63, 3.8) is 0 Å². The first-order valence-corrected chi connectivity index (χ1v) is 6.77. The molecule has 0 aromatic carbocycles. The van der Waals surface area contributed by atoms with E-state index in [0.717, 1.165) is 6.42 Å². The minimum Gasteiger partial charge on any atom is -0.461 e. The number of hydrogen-bond acceptors (Lipinski definition) is 4. The van der Waals surface area contributed by atoms with E-state index >= 15 is 0 Å². The molecule has 1 unspecified atom stereocenters. The molecule has 0 aliphatic carbocycles. The van der Waals surface area contributed by atoms with E-state index in [1.165, 1.54) is 6.26 Å². The zero-order valence-corrected chi connectivity index (χ0v) is 11.4. The Morgan fingerprint density at radius 2 is 2.30 bits per heavy atom. The number of rotatable bonds is 6. The van der Waals surface area contributed by atoms with Crippen molar-refractivity contribution in [2.75, 3.05) is 13.1 Å². The number of nitrogens with one attached hydrogen (secondary N) is 1. The summed E-state index contributed by atoms with van der Waals surface area (Å²) in [6.45, 7) is 2.34. The summed E-state index contributed by atoms with van der Waals surface area (Å²) >= 11 is 0. The van der Waals surface area contributed by atoms with Crippen LogP contribution < -0.4 is 5.32 Å². The predicted molar refractivity (Wildman–Crippen MR) is 71.1 cm³/mol. The van der Waals surface area contributed by atoms with Gasteiger partial charge in [-0.2, -0.15) is 0 Å². The van der Waals surface area contributed by atoms with Gasteiger partial charge >= 0.3 is 0 Å². The lowest BCUT2D eigenvalue weighted by atomic mass is 10.1. The van der Waals surface area contributed by atoms with Crippen LogP contribution in [0.15, 0.2) is 22.8 Å². The van der Waals surface area contributed by atoms with Crippen molar-refractivity contribution in [2.24, 2.45) is 0 Å². The highest BCUT2D eigenvalue weighted by Crippen LogP contribution is 2.15. The van der Waals surface area contributed by atoms with Gasteiger partial charge in [-0.1, -0.05) is 6.92 Å². The van der Waals surface area contributed by atoms with Gasteiger partial charge in [0, 0.05) is 13.0 Å². The lowest BCUT2D eigenvalue weighted by Crippen LogP contribution is -2.48. The van der Waals surface area contributed by atoms with E-state index in [1.54, 1.807) is 17.0 Å². The molecule has 6 heteroatoms. The van der Waals surface area contributed by atoms with Gasteiger partial charge in [0.05, 0.1) is 12.8 Å². The molecule has 1 atom stereocenters. The Balaban J connectivity index is 1.89. The zero-order valence-electron chi connectivity index (χ0n) is 11.4. The quantitative estimate of drug-likeness (QED) is 0.787. The summed E-state index contributed by atoms with van der Waals surface area (Å²) in [5.74, 6) is -0.353. The average Bonchev–Trinajstić information content (AvgIpc) is 3.09. The molecule has 2 amide bonds. The first-order chi connectivity index (χ1) is 9.63. The number of amides is 2. The van der Waals surface area contributed by atoms with Gasteiger partial charge in [-0.15, -0.1) is 0 Å². The summed E-state index contributed by atoms with van der Waals surface area (Å²) in [5, 5.41) is 2.58. The van der Waals surface area contributed by atoms with E-state index in [4.69, 9.17) is 4.42 Å². The van der Waals surface area contributed by atoms with Crippen molar-refractivity contribution in [3.05, 3.63) is 24.2 Å². The molecule has 20 heavy (non-hydrogen) atoms. The zero-order chi connectivity index (χ0) is 14.5. The van der Waals surface area contributed by atoms with Gasteiger partial charge in [-0.05, 0) is 25.0 Å². The molecule has 1 fully saturated rings. The Morgan fingerprint density at radius 3 is 2.85 bits per heavy atom. The third-order valence-corrected chi connectivity index (χ3v) is 3.39. The van der Waals surface area contributed by atoms with Crippen molar-refractivity contribution in [1.82, 2.24) is 10.2 Å². The van der Waals surface area contributed by atoms with E-state index in [1.807, 2.05) is 6.92 Å². The number of ketones is 1. The summed E-state index contributed by atoms with van der Waals surface area (Å²) < 4.78 is 4.97. The smallest absolute Gasteiger partial charge is 0.243 e. The second-order valence-electron chi connectivity index (χ2n) is 4.73. The van der Waals surface area contributed by atoms with Crippen LogP contribution in [0.5, 0.6) is 0 Å². The molecule has 1 N–H and O–H groups in total. The van der Waals surface area contributed by atoms with E-state index < -0.39 is 6.04 Å². The maximum atomic E-state index is 12.1. The molecule has 108 valence electrons. The fourth-order valence-corrected chi connectivity index (χ4v) is 2.36. The van der Waals surface area contributed by atoms with Crippen LogP contribution in [0, 0.1) is 0 Å². The largest absolute Gasteiger partial charge is 0.461 e. The standard InChI is InChI=1S/C14H18N2O4/c1-2-10(16-7-3-6-13(16)18)14(19)15-9-11(17)12-5-4-8-20-12/h4-5,8,10H,2-3,6-7,9H2,1H3,(H,15,19). The highest BCUT2D eigenvalue weighted by atomic mass is 16.3. The van der Waals surface area contributed by atoms with Crippen molar-refractivity contribution in [1.29, 1.82) is 0 Å². The van der Waals surface area contributed by atoms with Crippen LogP contribution in [0.1, 0.15) is 36.7 Å². The monoisotopic (exact) mass is 278 g/mol. The fraction of sp³-hybridized carbons (Fsp3) is 0.500. The third-order valence-electron chi connectivity index (χ3n) is 3.39. The first kappa shape index (κ1) is 14.3. The molecule has 2 rings (SSSR count). The Bertz CT molecular complexity index is 495. The maximum absolute atomic E-state index is 12.1. The topological polar surface area (TPSA) is 79.6 Å². The molecule has 6 nitrogen and oxygen atoms in total. The first-order valence-electron chi connectivity index (χ1n) is 6.77. The lowest BCUT2D eigenvalue weighted by Gasteiger charge is -2.25. The molecule has 0 saturated carbocycles. The number of carbonyl (C=O) groups excluding carboxylic acids is 3. The van der Waals surface area contributed by atoms with Gasteiger partial charge in [0.1, 0.15) is 6.04 Å². The van der Waals surface area contributed by atoms with Crippen molar-refractivity contribution in [3.8, 4) is 0 Å². The minimum atomic E-state index is -0.491. The number of nitrogens with zero attached hydrogens (tertiary/aromatic N) is 1. The van der Waals surface area contributed by atoms with Gasteiger partial charge < -0.3 is 14.6 Å². The van der Waals surface area contributed by atoms with Crippen LogP contribution in [-0.2, 0) is 9.59 Å². The molecular formula is C14H18N2O4. The fourth-order valence-electron chi connectivity index (χ4n) is 2.36. The second-order valence-corrected chi connectivity index (χ2v) is 4.73. The summed E-state index contributed by atoms with van der Waals surface area (Å²) in [7, 11) is 0. The predicted octanol–water partition coefficient (Wildman–Crippen LogP) is 0.980. The summed E-state index contributed by atoms with van der Waals surface area (Å²) in [4.78, 5) is 37.1. The van der Waals surface area contributed by atoms with Crippen molar-refractivity contribution in [2.45, 2.75) is 32.2 Å². The molecule has 2 heterocycles. The Morgan fingerprint density at radius 1 is 1.50 bits per heavy atom. The Kier molecular flexibility index (Phi) is 4.55. The van der Waals surface area contributed by atoms with Gasteiger partial charge in [-0.25, -0.2) is 0 Å². The summed E-state index contributed by atoms with van der Waals surface area (Å²) in [6, 6.07) is 2.68. The number of furan rings is 1. The van der Waals surface area contributed by atoms with E-state index in [-0.39, 0.29) is 29.9 Å². The molecule has 1 aromatic rings. The molecule has 0 spiro atoms. The molecule has 0 bridgehead atoms. The highest BCUT2D eigenvalue weighted by Gasteiger charge is 2.31. The Hall–Kier alpha value is -2.11. The number of hydrogen-bond donors (Lipinski definition) is 1. The second kappa shape index (κ2) is 6.36. The molecule has 1 aliphatic heterocycles. The van der Waals surface area contributed by atoms with Crippen LogP contribution in [0.2, 0.25) is 0 Å². The maximum Gasteiger partial charge on any atom is 0.243 e. The van der Waals surface area contributed by atoms with Crippen molar-refractivity contribution >= 4 is 17.6 Å². The number of carbonyl (C=O) groups is 3. The van der Waals surface area contributed by atoms with Crippen molar-refractivity contribution < 1.29 is 18.8 Å². The van der Waals surface area contributed by atoms with Gasteiger partial charge in [-0.3, -0.25) is 14.4 Å². The van der Waals surface area contributed by atoms with Crippen LogP contribution >= 0.6 is 0 Å². The number of Topliss-reactive ketones (excluding diaryl/α,β-unsaturated/α-hetero) is 1. The van der Waals surface area contributed by atoms with Crippen LogP contribution in [0.3, 0.4) is 0 Å². The summed E-state index contributed by atoms with van der Waals surface area (Å²) in [6.07, 6.45) is 3.22. The van der Waals surface area contributed by atoms with E-state index in [0.29, 0.717) is 19.4 Å². The minimum absolute atomic E-state index is 0.00404.